The maximum atomic E-state index is 13.0. The fourth-order valence-corrected chi connectivity index (χ4v) is 3.36. The first kappa shape index (κ1) is 18.4. The van der Waals surface area contributed by atoms with Crippen LogP contribution in [0.2, 0.25) is 0 Å². The molecule has 2 amide bonds. The van der Waals surface area contributed by atoms with Gasteiger partial charge >= 0.3 is 0 Å². The Morgan fingerprint density at radius 2 is 2.14 bits per heavy atom. The Morgan fingerprint density at radius 3 is 2.93 bits per heavy atom. The number of carbonyl (C=O) groups excluding carboxylic acids is 2. The molecule has 0 unspecified atom stereocenters. The Hall–Kier alpha value is -3.99. The molecular weight excluding hydrogens is 368 g/mol. The molecule has 0 bridgehead atoms. The van der Waals surface area contributed by atoms with Gasteiger partial charge in [-0.3, -0.25) is 14.6 Å². The Balaban J connectivity index is 1.53. The molecule has 0 saturated heterocycles. The molecule has 144 valence electrons. The lowest BCUT2D eigenvalue weighted by Crippen LogP contribution is -2.46. The summed E-state index contributed by atoms with van der Waals surface area (Å²) in [6, 6.07) is 13.5. The van der Waals surface area contributed by atoms with Crippen molar-refractivity contribution in [3.63, 3.8) is 0 Å². The highest BCUT2D eigenvalue weighted by molar-refractivity contribution is 5.95. The SMILES string of the molecule is N#Cc1cccc(C(=O)N2Cc3cncn3[C@@H](C(=O)NCc3ccccn3)C2)c1. The third-order valence-corrected chi connectivity index (χ3v) is 4.83. The van der Waals surface area contributed by atoms with Crippen LogP contribution in [0.5, 0.6) is 0 Å². The Morgan fingerprint density at radius 1 is 1.24 bits per heavy atom. The van der Waals surface area contributed by atoms with Crippen LogP contribution in [0.15, 0.2) is 61.2 Å². The number of nitrogens with zero attached hydrogens (tertiary/aromatic N) is 5. The second kappa shape index (κ2) is 7.94. The van der Waals surface area contributed by atoms with Crippen LogP contribution < -0.4 is 5.32 Å². The van der Waals surface area contributed by atoms with Crippen LogP contribution >= 0.6 is 0 Å². The van der Waals surface area contributed by atoms with E-state index in [1.54, 1.807) is 52.5 Å². The fraction of sp³-hybridized carbons (Fsp3) is 0.190. The van der Waals surface area contributed by atoms with Crippen LogP contribution in [0.25, 0.3) is 0 Å². The topological polar surface area (TPSA) is 104 Å². The van der Waals surface area contributed by atoms with Gasteiger partial charge in [0.1, 0.15) is 6.04 Å². The number of rotatable bonds is 4. The average Bonchev–Trinajstić information content (AvgIpc) is 3.25. The molecule has 0 saturated carbocycles. The number of fused-ring (bicyclic) bond motifs is 1. The van der Waals surface area contributed by atoms with E-state index in [-0.39, 0.29) is 18.4 Å². The molecule has 0 aliphatic carbocycles. The molecule has 1 aliphatic rings. The van der Waals surface area contributed by atoms with Gasteiger partial charge in [-0.05, 0) is 30.3 Å². The van der Waals surface area contributed by atoms with Crippen LogP contribution in [-0.2, 0) is 17.9 Å². The molecule has 8 heteroatoms. The van der Waals surface area contributed by atoms with Gasteiger partial charge in [-0.15, -0.1) is 0 Å². The highest BCUT2D eigenvalue weighted by atomic mass is 16.2. The predicted octanol–water partition coefficient (Wildman–Crippen LogP) is 1.66. The van der Waals surface area contributed by atoms with Gasteiger partial charge in [0.05, 0.1) is 49.0 Å². The van der Waals surface area contributed by atoms with Gasteiger partial charge in [-0.2, -0.15) is 5.26 Å². The third kappa shape index (κ3) is 3.84. The van der Waals surface area contributed by atoms with E-state index in [0.717, 1.165) is 11.4 Å². The maximum absolute atomic E-state index is 13.0. The number of nitriles is 1. The summed E-state index contributed by atoms with van der Waals surface area (Å²) < 4.78 is 1.79. The van der Waals surface area contributed by atoms with Crippen LogP contribution in [0, 0.1) is 11.3 Å². The highest BCUT2D eigenvalue weighted by Crippen LogP contribution is 2.23. The van der Waals surface area contributed by atoms with Gasteiger partial charge in [-0.25, -0.2) is 4.98 Å². The molecule has 4 rings (SSSR count). The predicted molar refractivity (Wildman–Crippen MR) is 103 cm³/mol. The molecule has 1 aliphatic heterocycles. The van der Waals surface area contributed by atoms with E-state index in [9.17, 15) is 9.59 Å². The largest absolute Gasteiger partial charge is 0.349 e. The molecule has 1 aromatic carbocycles. The summed E-state index contributed by atoms with van der Waals surface area (Å²) in [6.07, 6.45) is 4.94. The summed E-state index contributed by atoms with van der Waals surface area (Å²) in [5.41, 5.74) is 2.37. The summed E-state index contributed by atoms with van der Waals surface area (Å²) in [6.45, 7) is 0.866. The van der Waals surface area contributed by atoms with E-state index in [1.807, 2.05) is 24.3 Å². The molecule has 0 radical (unpaired) electrons. The minimum atomic E-state index is -0.590. The van der Waals surface area contributed by atoms with Crippen molar-refractivity contribution < 1.29 is 9.59 Å². The van der Waals surface area contributed by atoms with E-state index in [1.165, 1.54) is 0 Å². The Bertz CT molecular complexity index is 1090. The second-order valence-corrected chi connectivity index (χ2v) is 6.73. The number of amides is 2. The summed E-state index contributed by atoms with van der Waals surface area (Å²) in [5, 5.41) is 12.0. The van der Waals surface area contributed by atoms with Crippen molar-refractivity contribution in [2.24, 2.45) is 0 Å². The lowest BCUT2D eigenvalue weighted by atomic mass is 10.1. The van der Waals surface area contributed by atoms with E-state index < -0.39 is 6.04 Å². The lowest BCUT2D eigenvalue weighted by Gasteiger charge is -2.33. The number of hydrogen-bond acceptors (Lipinski definition) is 5. The Kier molecular flexibility index (Phi) is 5.03. The van der Waals surface area contributed by atoms with E-state index in [4.69, 9.17) is 5.26 Å². The number of carbonyl (C=O) groups is 2. The fourth-order valence-electron chi connectivity index (χ4n) is 3.36. The van der Waals surface area contributed by atoms with Crippen molar-refractivity contribution in [3.8, 4) is 6.07 Å². The van der Waals surface area contributed by atoms with Gasteiger partial charge in [0, 0.05) is 18.0 Å². The standard InChI is InChI=1S/C21H18N6O2/c22-9-15-4-3-5-16(8-15)21(29)26-12-18-11-23-14-27(18)19(13-26)20(28)25-10-17-6-1-2-7-24-17/h1-8,11,14,19H,10,12-13H2,(H,25,28)/t19-/m1/s1. The average molecular weight is 386 g/mol. The molecular formula is C21H18N6O2. The summed E-state index contributed by atoms with van der Waals surface area (Å²) in [7, 11) is 0. The first-order chi connectivity index (χ1) is 14.2. The zero-order chi connectivity index (χ0) is 20.2. The summed E-state index contributed by atoms with van der Waals surface area (Å²) in [4.78, 5) is 35.8. The quantitative estimate of drug-likeness (QED) is 0.734. The number of benzene rings is 1. The number of pyridine rings is 1. The van der Waals surface area contributed by atoms with Crippen molar-refractivity contribution in [2.75, 3.05) is 6.54 Å². The first-order valence-electron chi connectivity index (χ1n) is 9.13. The van der Waals surface area contributed by atoms with Crippen LogP contribution in [0.3, 0.4) is 0 Å². The smallest absolute Gasteiger partial charge is 0.254 e. The van der Waals surface area contributed by atoms with Gasteiger partial charge in [-0.1, -0.05) is 12.1 Å². The van der Waals surface area contributed by atoms with E-state index in [2.05, 4.69) is 15.3 Å². The lowest BCUT2D eigenvalue weighted by molar-refractivity contribution is -0.125. The highest BCUT2D eigenvalue weighted by Gasteiger charge is 2.32. The molecule has 3 aromatic rings. The number of hydrogen-bond donors (Lipinski definition) is 1. The summed E-state index contributed by atoms with van der Waals surface area (Å²) in [5.74, 6) is -0.435. The second-order valence-electron chi connectivity index (χ2n) is 6.73. The van der Waals surface area contributed by atoms with Gasteiger partial charge in [0.25, 0.3) is 5.91 Å². The minimum absolute atomic E-state index is 0.210. The Labute approximate surface area is 167 Å². The van der Waals surface area contributed by atoms with Crippen molar-refractivity contribution in [1.82, 2.24) is 24.8 Å². The molecule has 29 heavy (non-hydrogen) atoms. The van der Waals surface area contributed by atoms with Crippen LogP contribution in [0.1, 0.15) is 33.4 Å². The van der Waals surface area contributed by atoms with Gasteiger partial charge in [0.15, 0.2) is 0 Å². The number of aromatic nitrogens is 3. The zero-order valence-electron chi connectivity index (χ0n) is 15.5. The van der Waals surface area contributed by atoms with E-state index in [0.29, 0.717) is 24.2 Å². The normalized spacial score (nSPS) is 15.3. The zero-order valence-corrected chi connectivity index (χ0v) is 15.5. The van der Waals surface area contributed by atoms with Gasteiger partial charge in [0.2, 0.25) is 5.91 Å². The monoisotopic (exact) mass is 386 g/mol. The van der Waals surface area contributed by atoms with E-state index >= 15 is 0 Å². The minimum Gasteiger partial charge on any atom is -0.349 e. The molecule has 2 aromatic heterocycles. The first-order valence-corrected chi connectivity index (χ1v) is 9.13. The van der Waals surface area contributed by atoms with Gasteiger partial charge < -0.3 is 14.8 Å². The molecule has 3 heterocycles. The van der Waals surface area contributed by atoms with Crippen LogP contribution in [0.4, 0.5) is 0 Å². The molecule has 8 nitrogen and oxygen atoms in total. The number of imidazole rings is 1. The van der Waals surface area contributed by atoms with Crippen molar-refractivity contribution in [3.05, 3.63) is 83.7 Å². The van der Waals surface area contributed by atoms with Crippen molar-refractivity contribution in [2.45, 2.75) is 19.1 Å². The number of nitrogens with one attached hydrogen (secondary N) is 1. The maximum Gasteiger partial charge on any atom is 0.254 e. The van der Waals surface area contributed by atoms with Crippen LogP contribution in [-0.4, -0.2) is 37.8 Å². The molecule has 1 atom stereocenters. The molecule has 0 fully saturated rings. The third-order valence-electron chi connectivity index (χ3n) is 4.83. The van der Waals surface area contributed by atoms with Crippen molar-refractivity contribution >= 4 is 11.8 Å². The molecule has 0 spiro atoms. The van der Waals surface area contributed by atoms with Crippen molar-refractivity contribution in [1.29, 1.82) is 5.26 Å². The summed E-state index contributed by atoms with van der Waals surface area (Å²) >= 11 is 0. The molecule has 1 N–H and O–H groups in total.